The highest BCUT2D eigenvalue weighted by molar-refractivity contribution is 14.1. The fourth-order valence-electron chi connectivity index (χ4n) is 2.34. The molecule has 2 aromatic heterocycles. The zero-order valence-electron chi connectivity index (χ0n) is 15.7. The van der Waals surface area contributed by atoms with E-state index in [1.165, 1.54) is 12.4 Å². The van der Waals surface area contributed by atoms with Gasteiger partial charge in [-0.25, -0.2) is 10.9 Å². The molecule has 0 fully saturated rings. The third-order valence-corrected chi connectivity index (χ3v) is 4.92. The van der Waals surface area contributed by atoms with Gasteiger partial charge < -0.3 is 8.83 Å². The Morgan fingerprint density at radius 2 is 1.17 bits per heavy atom. The maximum atomic E-state index is 11.7. The van der Waals surface area contributed by atoms with Crippen LogP contribution in [0.3, 0.4) is 0 Å². The van der Waals surface area contributed by atoms with Gasteiger partial charge in [-0.15, -0.1) is 0 Å². The third-order valence-electron chi connectivity index (χ3n) is 3.76. The predicted molar refractivity (Wildman–Crippen MR) is 127 cm³/mol. The summed E-state index contributed by atoms with van der Waals surface area (Å²) in [4.78, 5) is 23.4. The summed E-state index contributed by atoms with van der Waals surface area (Å²) >= 11 is 4.12. The van der Waals surface area contributed by atoms with Gasteiger partial charge in [-0.3, -0.25) is 9.59 Å². The molecule has 29 heavy (non-hydrogen) atoms. The number of nitrogens with zero attached hydrogens (tertiary/aromatic N) is 2. The highest BCUT2D eigenvalue weighted by atomic mass is 127. The van der Waals surface area contributed by atoms with Gasteiger partial charge in [0.25, 0.3) is 0 Å². The van der Waals surface area contributed by atoms with Crippen molar-refractivity contribution < 1.29 is 18.4 Å². The molecule has 0 aliphatic carbocycles. The van der Waals surface area contributed by atoms with E-state index in [9.17, 15) is 9.59 Å². The number of unbranched alkanes of at least 4 members (excludes halogenated alkanes) is 4. The monoisotopic (exact) mass is 624 g/mol. The lowest BCUT2D eigenvalue weighted by atomic mass is 10.1. The van der Waals surface area contributed by atoms with Crippen LogP contribution in [0.4, 0.5) is 0 Å². The molecule has 2 heterocycles. The van der Waals surface area contributed by atoms with Gasteiger partial charge in [0.1, 0.15) is 11.5 Å². The van der Waals surface area contributed by atoms with E-state index in [0.717, 1.165) is 39.6 Å². The van der Waals surface area contributed by atoms with Crippen LogP contribution in [-0.2, 0) is 9.59 Å². The van der Waals surface area contributed by atoms with E-state index in [-0.39, 0.29) is 11.8 Å². The molecule has 0 bridgehead atoms. The van der Waals surface area contributed by atoms with E-state index >= 15 is 0 Å². The SMILES string of the molecule is O=C(CCCCCCCC(=O)N/N=C/c1ccc(I)o1)N/N=C\c1ccc(I)o1. The molecule has 8 nitrogen and oxygen atoms in total. The molecule has 0 saturated heterocycles. The van der Waals surface area contributed by atoms with E-state index in [1.54, 1.807) is 12.1 Å². The van der Waals surface area contributed by atoms with Gasteiger partial charge >= 0.3 is 0 Å². The maximum absolute atomic E-state index is 11.7. The number of hydrogen-bond acceptors (Lipinski definition) is 6. The number of amides is 2. The first-order valence-electron chi connectivity index (χ1n) is 9.17. The van der Waals surface area contributed by atoms with Crippen LogP contribution in [0.5, 0.6) is 0 Å². The smallest absolute Gasteiger partial charge is 0.240 e. The van der Waals surface area contributed by atoms with Crippen molar-refractivity contribution in [2.45, 2.75) is 44.9 Å². The Bertz CT molecular complexity index is 777. The molecule has 2 aromatic rings. The van der Waals surface area contributed by atoms with Gasteiger partial charge in [-0.1, -0.05) is 19.3 Å². The quantitative estimate of drug-likeness (QED) is 0.158. The van der Waals surface area contributed by atoms with Crippen LogP contribution < -0.4 is 10.9 Å². The molecule has 0 atom stereocenters. The lowest BCUT2D eigenvalue weighted by molar-refractivity contribution is -0.121. The minimum absolute atomic E-state index is 0.119. The van der Waals surface area contributed by atoms with Crippen LogP contribution >= 0.6 is 45.2 Å². The molecule has 0 aliphatic rings. The molecule has 2 amide bonds. The van der Waals surface area contributed by atoms with Crippen LogP contribution in [0, 0.1) is 7.53 Å². The Morgan fingerprint density at radius 1 is 0.759 bits per heavy atom. The topological polar surface area (TPSA) is 109 Å². The number of carbonyl (C=O) groups is 2. The van der Waals surface area contributed by atoms with E-state index in [1.807, 2.05) is 12.1 Å². The van der Waals surface area contributed by atoms with E-state index in [2.05, 4.69) is 66.2 Å². The highest BCUT2D eigenvalue weighted by Gasteiger charge is 2.02. The fourth-order valence-corrected chi connectivity index (χ4v) is 3.21. The van der Waals surface area contributed by atoms with Crippen LogP contribution in [0.2, 0.25) is 0 Å². The summed E-state index contributed by atoms with van der Waals surface area (Å²) in [7, 11) is 0. The number of furan rings is 2. The van der Waals surface area contributed by atoms with Gasteiger partial charge in [0.05, 0.1) is 12.4 Å². The Morgan fingerprint density at radius 3 is 1.55 bits per heavy atom. The van der Waals surface area contributed by atoms with Crippen molar-refractivity contribution in [2.75, 3.05) is 0 Å². The number of hydrazone groups is 2. The Balaban J connectivity index is 1.44. The molecule has 2 rings (SSSR count). The standard InChI is InChI=1S/C19H22I2N4O4/c20-16-10-8-14(28-16)12-22-24-18(26)6-4-2-1-3-5-7-19(27)25-23-13-15-9-11-17(21)29-15/h8-13H,1-7H2,(H,24,26)(H,25,27)/b22-12-,23-13+. The Hall–Kier alpha value is -1.70. The molecule has 2 N–H and O–H groups in total. The lowest BCUT2D eigenvalue weighted by Gasteiger charge is -2.02. The van der Waals surface area contributed by atoms with Gasteiger partial charge in [0.2, 0.25) is 11.8 Å². The van der Waals surface area contributed by atoms with Crippen LogP contribution in [0.15, 0.2) is 43.3 Å². The first-order chi connectivity index (χ1) is 14.0. The molecule has 10 heteroatoms. The molecule has 0 spiro atoms. The van der Waals surface area contributed by atoms with Crippen molar-refractivity contribution in [2.24, 2.45) is 10.2 Å². The number of rotatable bonds is 12. The molecular formula is C19H22I2N4O4. The normalized spacial score (nSPS) is 11.4. The maximum Gasteiger partial charge on any atom is 0.240 e. The molecule has 156 valence electrons. The summed E-state index contributed by atoms with van der Waals surface area (Å²) < 4.78 is 12.1. The molecule has 0 aromatic carbocycles. The van der Waals surface area contributed by atoms with Crippen molar-refractivity contribution in [1.29, 1.82) is 0 Å². The first kappa shape index (κ1) is 23.6. The zero-order chi connectivity index (χ0) is 20.9. The van der Waals surface area contributed by atoms with Crippen LogP contribution in [0.1, 0.15) is 56.5 Å². The van der Waals surface area contributed by atoms with Gasteiger partial charge in [-0.2, -0.15) is 10.2 Å². The average molecular weight is 624 g/mol. The number of halogens is 2. The van der Waals surface area contributed by atoms with Crippen molar-refractivity contribution in [3.63, 3.8) is 0 Å². The van der Waals surface area contributed by atoms with E-state index < -0.39 is 0 Å². The molecule has 0 aliphatic heterocycles. The second-order valence-corrected chi connectivity index (χ2v) is 8.26. The fraction of sp³-hybridized carbons (Fsp3) is 0.368. The summed E-state index contributed by atoms with van der Waals surface area (Å²) in [6, 6.07) is 7.21. The summed E-state index contributed by atoms with van der Waals surface area (Å²) in [6.07, 6.45) is 8.23. The van der Waals surface area contributed by atoms with Crippen molar-refractivity contribution in [3.05, 3.63) is 43.3 Å². The van der Waals surface area contributed by atoms with Crippen LogP contribution in [-0.4, -0.2) is 24.2 Å². The minimum Gasteiger partial charge on any atom is -0.449 e. The van der Waals surface area contributed by atoms with Gasteiger partial charge in [-0.05, 0) is 82.3 Å². The molecule has 0 radical (unpaired) electrons. The van der Waals surface area contributed by atoms with Crippen molar-refractivity contribution in [3.8, 4) is 0 Å². The Labute approximate surface area is 196 Å². The number of carbonyl (C=O) groups excluding carboxylic acids is 2. The average Bonchev–Trinajstić information content (AvgIpc) is 3.29. The summed E-state index contributed by atoms with van der Waals surface area (Å²) in [5.74, 6) is 0.956. The minimum atomic E-state index is -0.119. The second kappa shape index (κ2) is 13.5. The zero-order valence-corrected chi connectivity index (χ0v) is 20.0. The largest absolute Gasteiger partial charge is 0.449 e. The third kappa shape index (κ3) is 10.6. The summed E-state index contributed by atoms with van der Waals surface area (Å²) in [5, 5.41) is 7.73. The number of nitrogens with one attached hydrogen (secondary N) is 2. The Kier molecular flexibility index (Phi) is 11.0. The molecular weight excluding hydrogens is 602 g/mol. The van der Waals surface area contributed by atoms with E-state index in [4.69, 9.17) is 8.83 Å². The first-order valence-corrected chi connectivity index (χ1v) is 11.3. The molecule has 0 saturated carbocycles. The van der Waals surface area contributed by atoms with Crippen molar-refractivity contribution >= 4 is 69.4 Å². The number of hydrogen-bond donors (Lipinski definition) is 2. The van der Waals surface area contributed by atoms with Gasteiger partial charge in [0.15, 0.2) is 7.53 Å². The van der Waals surface area contributed by atoms with Gasteiger partial charge in [0, 0.05) is 12.8 Å². The predicted octanol–water partition coefficient (Wildman–Crippen LogP) is 4.41. The lowest BCUT2D eigenvalue weighted by Crippen LogP contribution is -2.17. The summed E-state index contributed by atoms with van der Waals surface area (Å²) in [5.41, 5.74) is 4.97. The van der Waals surface area contributed by atoms with E-state index in [0.29, 0.717) is 24.4 Å². The van der Waals surface area contributed by atoms with Crippen molar-refractivity contribution in [1.82, 2.24) is 10.9 Å². The second-order valence-electron chi connectivity index (χ2n) is 6.14. The summed E-state index contributed by atoms with van der Waals surface area (Å²) in [6.45, 7) is 0. The molecule has 0 unspecified atom stereocenters. The highest BCUT2D eigenvalue weighted by Crippen LogP contribution is 2.09. The van der Waals surface area contributed by atoms with Crippen LogP contribution in [0.25, 0.3) is 0 Å².